The van der Waals surface area contributed by atoms with E-state index in [0.717, 1.165) is 24.7 Å². The number of pyridine rings is 2. The predicted molar refractivity (Wildman–Crippen MR) is 82.0 cm³/mol. The fourth-order valence-electron chi connectivity index (χ4n) is 2.96. The van der Waals surface area contributed by atoms with Crippen molar-refractivity contribution < 1.29 is 4.74 Å². The van der Waals surface area contributed by atoms with Crippen LogP contribution in [0.3, 0.4) is 0 Å². The van der Waals surface area contributed by atoms with Crippen LogP contribution in [-0.4, -0.2) is 28.0 Å². The van der Waals surface area contributed by atoms with Crippen LogP contribution in [0.1, 0.15) is 37.1 Å². The summed E-state index contributed by atoms with van der Waals surface area (Å²) < 4.78 is 5.48. The second-order valence-electron chi connectivity index (χ2n) is 5.31. The van der Waals surface area contributed by atoms with Gasteiger partial charge < -0.3 is 4.74 Å². The fourth-order valence-corrected chi connectivity index (χ4v) is 2.96. The molecule has 0 unspecified atom stereocenters. The summed E-state index contributed by atoms with van der Waals surface area (Å²) >= 11 is 0. The summed E-state index contributed by atoms with van der Waals surface area (Å²) in [6.07, 6.45) is 6.19. The summed E-state index contributed by atoms with van der Waals surface area (Å²) in [5.41, 5.74) is 2.42. The molecule has 1 aliphatic rings. The van der Waals surface area contributed by atoms with Gasteiger partial charge in [0.15, 0.2) is 0 Å². The first kappa shape index (κ1) is 14.0. The molecular formula is C17H21N3O. The van der Waals surface area contributed by atoms with E-state index in [0.29, 0.717) is 12.6 Å². The quantitative estimate of drug-likeness (QED) is 0.844. The predicted octanol–water partition coefficient (Wildman–Crippen LogP) is 3.21. The lowest BCUT2D eigenvalue weighted by Crippen LogP contribution is -2.23. The van der Waals surface area contributed by atoms with Crippen LogP contribution in [-0.2, 0) is 6.54 Å². The van der Waals surface area contributed by atoms with E-state index in [9.17, 15) is 0 Å². The Balaban J connectivity index is 1.73. The van der Waals surface area contributed by atoms with Crippen LogP contribution in [0.5, 0.6) is 5.88 Å². The smallest absolute Gasteiger partial charge is 0.213 e. The second kappa shape index (κ2) is 6.68. The molecule has 0 aromatic carbocycles. The summed E-state index contributed by atoms with van der Waals surface area (Å²) in [6, 6.07) is 10.7. The average molecular weight is 283 g/mol. The third-order valence-electron chi connectivity index (χ3n) is 3.89. The maximum atomic E-state index is 5.48. The van der Waals surface area contributed by atoms with E-state index < -0.39 is 0 Å². The van der Waals surface area contributed by atoms with Crippen molar-refractivity contribution in [2.45, 2.75) is 32.4 Å². The Morgan fingerprint density at radius 3 is 2.90 bits per heavy atom. The number of aromatic nitrogens is 2. The third kappa shape index (κ3) is 3.39. The van der Waals surface area contributed by atoms with Gasteiger partial charge in [0.2, 0.25) is 5.88 Å². The molecule has 2 aromatic heterocycles. The Labute approximate surface area is 125 Å². The zero-order chi connectivity index (χ0) is 14.5. The standard InChI is InChI=1S/C17H21N3O/c1-2-21-17-7-3-5-15(19-17)13-20-12-4-6-16(20)14-8-10-18-11-9-14/h3,5,7-11,16H,2,4,6,12-13H2,1H3/t16-/m1/s1. The lowest BCUT2D eigenvalue weighted by molar-refractivity contribution is 0.243. The van der Waals surface area contributed by atoms with E-state index in [4.69, 9.17) is 4.74 Å². The van der Waals surface area contributed by atoms with E-state index in [1.807, 2.05) is 31.5 Å². The molecule has 3 heterocycles. The van der Waals surface area contributed by atoms with Crippen molar-refractivity contribution in [2.24, 2.45) is 0 Å². The second-order valence-corrected chi connectivity index (χ2v) is 5.31. The zero-order valence-electron chi connectivity index (χ0n) is 12.4. The number of hydrogen-bond acceptors (Lipinski definition) is 4. The van der Waals surface area contributed by atoms with Crippen molar-refractivity contribution in [1.82, 2.24) is 14.9 Å². The van der Waals surface area contributed by atoms with Gasteiger partial charge in [0, 0.05) is 31.0 Å². The molecule has 0 aliphatic carbocycles. The molecule has 110 valence electrons. The van der Waals surface area contributed by atoms with Gasteiger partial charge in [-0.3, -0.25) is 9.88 Å². The van der Waals surface area contributed by atoms with E-state index in [1.165, 1.54) is 18.4 Å². The molecule has 1 saturated heterocycles. The molecule has 0 amide bonds. The fraction of sp³-hybridized carbons (Fsp3) is 0.412. The van der Waals surface area contributed by atoms with Crippen molar-refractivity contribution >= 4 is 0 Å². The van der Waals surface area contributed by atoms with E-state index in [2.05, 4.69) is 33.1 Å². The van der Waals surface area contributed by atoms with Crippen LogP contribution >= 0.6 is 0 Å². The van der Waals surface area contributed by atoms with Gasteiger partial charge in [-0.25, -0.2) is 4.98 Å². The summed E-state index contributed by atoms with van der Waals surface area (Å²) in [4.78, 5) is 11.2. The van der Waals surface area contributed by atoms with Gasteiger partial charge in [-0.2, -0.15) is 0 Å². The number of nitrogens with zero attached hydrogens (tertiary/aromatic N) is 3. The maximum Gasteiger partial charge on any atom is 0.213 e. The van der Waals surface area contributed by atoms with Gasteiger partial charge in [0.25, 0.3) is 0 Å². The molecule has 0 saturated carbocycles. The summed E-state index contributed by atoms with van der Waals surface area (Å²) in [6.45, 7) is 4.62. The van der Waals surface area contributed by atoms with Crippen molar-refractivity contribution in [3.05, 3.63) is 54.0 Å². The van der Waals surface area contributed by atoms with E-state index in [1.54, 1.807) is 0 Å². The van der Waals surface area contributed by atoms with Crippen molar-refractivity contribution in [3.63, 3.8) is 0 Å². The van der Waals surface area contributed by atoms with Crippen molar-refractivity contribution in [2.75, 3.05) is 13.2 Å². The molecule has 0 bridgehead atoms. The molecule has 1 fully saturated rings. The molecular weight excluding hydrogens is 262 g/mol. The third-order valence-corrected chi connectivity index (χ3v) is 3.89. The van der Waals surface area contributed by atoms with Crippen LogP contribution in [0.15, 0.2) is 42.7 Å². The molecule has 4 heteroatoms. The molecule has 21 heavy (non-hydrogen) atoms. The van der Waals surface area contributed by atoms with Crippen LogP contribution < -0.4 is 4.74 Å². The van der Waals surface area contributed by atoms with Gasteiger partial charge in [-0.05, 0) is 50.1 Å². The highest BCUT2D eigenvalue weighted by Gasteiger charge is 2.26. The lowest BCUT2D eigenvalue weighted by Gasteiger charge is -2.24. The van der Waals surface area contributed by atoms with Gasteiger partial charge >= 0.3 is 0 Å². The molecule has 0 N–H and O–H groups in total. The molecule has 0 spiro atoms. The SMILES string of the molecule is CCOc1cccc(CN2CCC[C@@H]2c2ccncc2)n1. The highest BCUT2D eigenvalue weighted by molar-refractivity contribution is 5.19. The first-order chi connectivity index (χ1) is 10.4. The van der Waals surface area contributed by atoms with E-state index >= 15 is 0 Å². The van der Waals surface area contributed by atoms with Crippen molar-refractivity contribution in [1.29, 1.82) is 0 Å². The van der Waals surface area contributed by atoms with E-state index in [-0.39, 0.29) is 0 Å². The van der Waals surface area contributed by atoms with Gasteiger partial charge in [0.1, 0.15) is 0 Å². The van der Waals surface area contributed by atoms with Gasteiger partial charge in [-0.1, -0.05) is 6.07 Å². The highest BCUT2D eigenvalue weighted by Crippen LogP contribution is 2.32. The Bertz CT molecular complexity index is 573. The molecule has 4 nitrogen and oxygen atoms in total. The summed E-state index contributed by atoms with van der Waals surface area (Å²) in [5, 5.41) is 0. The van der Waals surface area contributed by atoms with Gasteiger partial charge in [-0.15, -0.1) is 0 Å². The number of likely N-dealkylation sites (tertiary alicyclic amines) is 1. The Hall–Kier alpha value is -1.94. The number of ether oxygens (including phenoxy) is 1. The molecule has 2 aromatic rings. The maximum absolute atomic E-state index is 5.48. The lowest BCUT2D eigenvalue weighted by atomic mass is 10.1. The largest absolute Gasteiger partial charge is 0.478 e. The molecule has 1 atom stereocenters. The first-order valence-electron chi connectivity index (χ1n) is 7.59. The Kier molecular flexibility index (Phi) is 4.46. The minimum Gasteiger partial charge on any atom is -0.478 e. The number of rotatable bonds is 5. The zero-order valence-corrected chi connectivity index (χ0v) is 12.4. The van der Waals surface area contributed by atoms with Crippen LogP contribution in [0.25, 0.3) is 0 Å². The molecule has 1 aliphatic heterocycles. The molecule has 3 rings (SSSR count). The highest BCUT2D eigenvalue weighted by atomic mass is 16.5. The Morgan fingerprint density at radius 2 is 2.10 bits per heavy atom. The number of hydrogen-bond donors (Lipinski definition) is 0. The minimum atomic E-state index is 0.477. The van der Waals surface area contributed by atoms with Crippen LogP contribution in [0.2, 0.25) is 0 Å². The summed E-state index contributed by atoms with van der Waals surface area (Å²) in [5.74, 6) is 0.717. The van der Waals surface area contributed by atoms with Crippen LogP contribution in [0.4, 0.5) is 0 Å². The summed E-state index contributed by atoms with van der Waals surface area (Å²) in [7, 11) is 0. The van der Waals surface area contributed by atoms with Crippen molar-refractivity contribution in [3.8, 4) is 5.88 Å². The topological polar surface area (TPSA) is 38.2 Å². The minimum absolute atomic E-state index is 0.477. The van der Waals surface area contributed by atoms with Crippen LogP contribution in [0, 0.1) is 0 Å². The first-order valence-corrected chi connectivity index (χ1v) is 7.59. The molecule has 0 radical (unpaired) electrons. The Morgan fingerprint density at radius 1 is 1.24 bits per heavy atom. The normalized spacial score (nSPS) is 18.8. The van der Waals surface area contributed by atoms with Gasteiger partial charge in [0.05, 0.1) is 12.3 Å². The monoisotopic (exact) mass is 283 g/mol. The average Bonchev–Trinajstić information content (AvgIpc) is 2.97.